The number of aliphatic hydroxyl groups excluding tert-OH is 1. The van der Waals surface area contributed by atoms with E-state index in [0.717, 1.165) is 16.6 Å². The molecule has 96 valence electrons. The molecular weight excluding hydrogens is 394 g/mol. The van der Waals surface area contributed by atoms with Crippen LogP contribution in [0.3, 0.4) is 0 Å². The van der Waals surface area contributed by atoms with Crippen molar-refractivity contribution < 1.29 is 13.5 Å². The molecule has 0 amide bonds. The summed E-state index contributed by atoms with van der Waals surface area (Å²) in [6.07, 6.45) is 1.39. The minimum absolute atomic E-state index is 0.0763. The Bertz CT molecular complexity index is 510. The van der Waals surface area contributed by atoms with Gasteiger partial charge in [0, 0.05) is 6.54 Å². The second-order valence-electron chi connectivity index (χ2n) is 3.95. The van der Waals surface area contributed by atoms with Crippen LogP contribution in [0.2, 0.25) is 0 Å². The molecule has 0 bridgehead atoms. The summed E-state index contributed by atoms with van der Waals surface area (Å²) in [6, 6.07) is 1.54. The van der Waals surface area contributed by atoms with Crippen LogP contribution in [-0.4, -0.2) is 26.2 Å². The first-order chi connectivity index (χ1) is 7.90. The van der Waals surface area contributed by atoms with Gasteiger partial charge in [0.25, 0.3) is 0 Å². The predicted molar refractivity (Wildman–Crippen MR) is 73.6 cm³/mol. The minimum Gasteiger partial charge on any atom is -0.391 e. The second kappa shape index (κ2) is 5.26. The molecule has 1 aromatic heterocycles. The van der Waals surface area contributed by atoms with Crippen LogP contribution in [0.15, 0.2) is 18.5 Å². The van der Waals surface area contributed by atoms with Crippen molar-refractivity contribution in [1.29, 1.82) is 0 Å². The van der Waals surface area contributed by atoms with E-state index in [4.69, 9.17) is 0 Å². The van der Waals surface area contributed by atoms with Crippen molar-refractivity contribution in [1.82, 2.24) is 4.72 Å². The Labute approximate surface area is 121 Å². The van der Waals surface area contributed by atoms with Crippen LogP contribution in [0.4, 0.5) is 0 Å². The maximum absolute atomic E-state index is 11.9. The van der Waals surface area contributed by atoms with Gasteiger partial charge < -0.3 is 5.11 Å². The summed E-state index contributed by atoms with van der Waals surface area (Å²) in [4.78, 5) is 0.206. The van der Waals surface area contributed by atoms with Crippen LogP contribution in [-0.2, 0) is 10.0 Å². The van der Waals surface area contributed by atoms with E-state index in [-0.39, 0.29) is 17.4 Å². The number of rotatable bonds is 5. The lowest BCUT2D eigenvalue weighted by atomic mass is 10.2. The Morgan fingerprint density at radius 1 is 1.53 bits per heavy atom. The van der Waals surface area contributed by atoms with Crippen molar-refractivity contribution in [2.24, 2.45) is 5.92 Å². The molecule has 4 nitrogen and oxygen atoms in total. The third-order valence-corrected chi connectivity index (χ3v) is 6.74. The van der Waals surface area contributed by atoms with Gasteiger partial charge in [0.2, 0.25) is 10.0 Å². The molecule has 1 heterocycles. The van der Waals surface area contributed by atoms with Gasteiger partial charge >= 0.3 is 0 Å². The Hall–Kier alpha value is 0.530. The maximum Gasteiger partial charge on any atom is 0.242 e. The van der Waals surface area contributed by atoms with Gasteiger partial charge in [-0.3, -0.25) is 0 Å². The molecule has 0 aliphatic heterocycles. The summed E-state index contributed by atoms with van der Waals surface area (Å²) in [5, 5.41) is 9.63. The summed E-state index contributed by atoms with van der Waals surface area (Å²) in [6.45, 7) is 0.0763. The van der Waals surface area contributed by atoms with Crippen molar-refractivity contribution in [2.45, 2.75) is 23.8 Å². The molecule has 1 unspecified atom stereocenters. The van der Waals surface area contributed by atoms with Crippen LogP contribution in [0, 0.1) is 5.92 Å². The van der Waals surface area contributed by atoms with E-state index in [9.17, 15) is 13.5 Å². The van der Waals surface area contributed by atoms with E-state index in [1.54, 1.807) is 6.07 Å². The maximum atomic E-state index is 11.9. The third-order valence-electron chi connectivity index (χ3n) is 2.56. The number of halogens is 2. The molecule has 0 radical (unpaired) electrons. The van der Waals surface area contributed by atoms with Crippen LogP contribution in [0.1, 0.15) is 12.8 Å². The average molecular weight is 405 g/mol. The molecule has 1 saturated carbocycles. The Morgan fingerprint density at radius 3 is 2.65 bits per heavy atom. The summed E-state index contributed by atoms with van der Waals surface area (Å²) in [5.74, 6) is 0.260. The Balaban J connectivity index is 2.05. The standard InChI is InChI=1S/C9H11Br2NO3S2/c10-8-3-7(9(11)16-8)17(14,15)12-4-6(13)5-1-2-5/h3,5-6,12-13H,1-2,4H2. The summed E-state index contributed by atoms with van der Waals surface area (Å²) < 4.78 is 27.6. The number of thiophene rings is 1. The van der Waals surface area contributed by atoms with Crippen LogP contribution < -0.4 is 4.72 Å². The van der Waals surface area contributed by atoms with E-state index in [2.05, 4.69) is 36.6 Å². The van der Waals surface area contributed by atoms with E-state index in [1.807, 2.05) is 0 Å². The molecular formula is C9H11Br2NO3S2. The molecule has 0 spiro atoms. The van der Waals surface area contributed by atoms with Crippen molar-refractivity contribution in [3.63, 3.8) is 0 Å². The van der Waals surface area contributed by atoms with Crippen LogP contribution >= 0.6 is 43.2 Å². The van der Waals surface area contributed by atoms with Gasteiger partial charge in [0.05, 0.1) is 13.7 Å². The third kappa shape index (κ3) is 3.51. The molecule has 2 N–H and O–H groups in total. The molecule has 1 aliphatic carbocycles. The van der Waals surface area contributed by atoms with E-state index in [0.29, 0.717) is 3.79 Å². The average Bonchev–Trinajstić information content (AvgIpc) is 3.01. The highest BCUT2D eigenvalue weighted by atomic mass is 79.9. The molecule has 1 atom stereocenters. The van der Waals surface area contributed by atoms with Gasteiger partial charge in [-0.25, -0.2) is 13.1 Å². The fourth-order valence-corrected chi connectivity index (χ4v) is 6.29. The van der Waals surface area contributed by atoms with Gasteiger partial charge in [0.1, 0.15) is 4.90 Å². The highest BCUT2D eigenvalue weighted by Crippen LogP contribution is 2.35. The predicted octanol–water partition coefficient (Wildman–Crippen LogP) is 2.32. The molecule has 2 rings (SSSR count). The van der Waals surface area contributed by atoms with Crippen molar-refractivity contribution in [3.8, 4) is 0 Å². The zero-order valence-corrected chi connectivity index (χ0v) is 13.5. The highest BCUT2D eigenvalue weighted by Gasteiger charge is 2.31. The fourth-order valence-electron chi connectivity index (χ4n) is 1.43. The first-order valence-corrected chi connectivity index (χ1v) is 8.91. The van der Waals surface area contributed by atoms with E-state index >= 15 is 0 Å². The molecule has 1 fully saturated rings. The van der Waals surface area contributed by atoms with E-state index < -0.39 is 16.1 Å². The summed E-state index contributed by atoms with van der Waals surface area (Å²) in [7, 11) is -3.55. The number of hydrogen-bond donors (Lipinski definition) is 2. The Morgan fingerprint density at radius 2 is 2.18 bits per heavy atom. The quantitative estimate of drug-likeness (QED) is 0.791. The number of nitrogens with one attached hydrogen (secondary N) is 1. The van der Waals surface area contributed by atoms with Gasteiger partial charge in [-0.1, -0.05) is 0 Å². The Kier molecular flexibility index (Phi) is 4.32. The molecule has 0 saturated heterocycles. The topological polar surface area (TPSA) is 66.4 Å². The highest BCUT2D eigenvalue weighted by molar-refractivity contribution is 9.12. The number of hydrogen-bond acceptors (Lipinski definition) is 4. The lowest BCUT2D eigenvalue weighted by Gasteiger charge is -2.10. The van der Waals surface area contributed by atoms with Crippen molar-refractivity contribution in [3.05, 3.63) is 13.6 Å². The molecule has 17 heavy (non-hydrogen) atoms. The van der Waals surface area contributed by atoms with Crippen molar-refractivity contribution >= 4 is 53.2 Å². The lowest BCUT2D eigenvalue weighted by Crippen LogP contribution is -2.33. The van der Waals surface area contributed by atoms with Gasteiger partial charge in [0.15, 0.2) is 0 Å². The second-order valence-corrected chi connectivity index (χ2v) is 9.43. The molecule has 1 aromatic rings. The molecule has 0 aromatic carbocycles. The molecule has 1 aliphatic rings. The zero-order chi connectivity index (χ0) is 12.6. The smallest absolute Gasteiger partial charge is 0.242 e. The normalized spacial score (nSPS) is 18.3. The zero-order valence-electron chi connectivity index (χ0n) is 8.69. The van der Waals surface area contributed by atoms with Crippen LogP contribution in [0.25, 0.3) is 0 Å². The first-order valence-electron chi connectivity index (χ1n) is 5.02. The fraction of sp³-hybridized carbons (Fsp3) is 0.556. The monoisotopic (exact) mass is 403 g/mol. The number of sulfonamides is 1. The minimum atomic E-state index is -3.55. The van der Waals surface area contributed by atoms with Gasteiger partial charge in [-0.2, -0.15) is 0 Å². The SMILES string of the molecule is O=S(=O)(NCC(O)C1CC1)c1cc(Br)sc1Br. The summed E-state index contributed by atoms with van der Waals surface area (Å²) in [5.41, 5.74) is 0. The first kappa shape index (κ1) is 14.0. The lowest BCUT2D eigenvalue weighted by molar-refractivity contribution is 0.155. The largest absolute Gasteiger partial charge is 0.391 e. The van der Waals surface area contributed by atoms with Gasteiger partial charge in [-0.05, 0) is 56.7 Å². The van der Waals surface area contributed by atoms with E-state index in [1.165, 1.54) is 11.3 Å². The number of aliphatic hydroxyl groups is 1. The van der Waals surface area contributed by atoms with Gasteiger partial charge in [-0.15, -0.1) is 11.3 Å². The summed E-state index contributed by atoms with van der Waals surface area (Å²) >= 11 is 7.74. The van der Waals surface area contributed by atoms with Crippen molar-refractivity contribution in [2.75, 3.05) is 6.54 Å². The van der Waals surface area contributed by atoms with Crippen LogP contribution in [0.5, 0.6) is 0 Å². The molecule has 8 heteroatoms.